The summed E-state index contributed by atoms with van der Waals surface area (Å²) in [6, 6.07) is 18.8. The molecule has 6 nitrogen and oxygen atoms in total. The van der Waals surface area contributed by atoms with Crippen molar-refractivity contribution in [1.29, 1.82) is 5.26 Å². The van der Waals surface area contributed by atoms with Gasteiger partial charge < -0.3 is 9.47 Å². The van der Waals surface area contributed by atoms with Crippen LogP contribution in [0.15, 0.2) is 61.1 Å². The minimum absolute atomic E-state index is 0.669. The summed E-state index contributed by atoms with van der Waals surface area (Å²) < 4.78 is 4.36. The average molecular weight is 421 g/mol. The zero-order valence-electron chi connectivity index (χ0n) is 18.1. The summed E-state index contributed by atoms with van der Waals surface area (Å²) in [6.45, 7) is 5.36. The summed E-state index contributed by atoms with van der Waals surface area (Å²) in [5.41, 5.74) is 7.63. The molecule has 32 heavy (non-hydrogen) atoms. The van der Waals surface area contributed by atoms with Gasteiger partial charge in [0, 0.05) is 37.1 Å². The Morgan fingerprint density at radius 1 is 1.06 bits per heavy atom. The van der Waals surface area contributed by atoms with Crippen molar-refractivity contribution in [3.63, 3.8) is 0 Å². The first kappa shape index (κ1) is 18.9. The van der Waals surface area contributed by atoms with Crippen LogP contribution in [0.25, 0.3) is 28.3 Å². The van der Waals surface area contributed by atoms with Crippen LogP contribution in [0.1, 0.15) is 30.9 Å². The first-order valence-electron chi connectivity index (χ1n) is 11.2. The molecule has 1 saturated heterocycles. The lowest BCUT2D eigenvalue weighted by atomic mass is 9.94. The SMILES string of the molecule is CCCC1CN(c2ccc3c(c2)Cn2cc(-c4ccc(C#N)cc4)cc2-c2nncn2-3)C1. The second-order valence-corrected chi connectivity index (χ2v) is 8.83. The number of hydrogen-bond donors (Lipinski definition) is 0. The molecule has 2 aliphatic rings. The van der Waals surface area contributed by atoms with Crippen molar-refractivity contribution in [2.75, 3.05) is 18.0 Å². The predicted molar refractivity (Wildman–Crippen MR) is 125 cm³/mol. The van der Waals surface area contributed by atoms with E-state index in [0.29, 0.717) is 5.56 Å². The molecule has 0 saturated carbocycles. The fourth-order valence-electron chi connectivity index (χ4n) is 5.00. The van der Waals surface area contributed by atoms with E-state index in [9.17, 15) is 0 Å². The summed E-state index contributed by atoms with van der Waals surface area (Å²) in [6.07, 6.45) is 6.56. The molecule has 2 aromatic heterocycles. The Morgan fingerprint density at radius 3 is 2.69 bits per heavy atom. The Bertz CT molecular complexity index is 1330. The minimum atomic E-state index is 0.669. The second-order valence-electron chi connectivity index (χ2n) is 8.83. The van der Waals surface area contributed by atoms with Crippen LogP contribution in [-0.4, -0.2) is 32.4 Å². The molecule has 0 amide bonds. The number of rotatable bonds is 4. The van der Waals surface area contributed by atoms with Gasteiger partial charge >= 0.3 is 0 Å². The summed E-state index contributed by atoms with van der Waals surface area (Å²) in [4.78, 5) is 2.48. The number of nitriles is 1. The maximum Gasteiger partial charge on any atom is 0.185 e. The third-order valence-electron chi connectivity index (χ3n) is 6.70. The summed E-state index contributed by atoms with van der Waals surface area (Å²) in [7, 11) is 0. The van der Waals surface area contributed by atoms with Crippen LogP contribution < -0.4 is 4.90 Å². The quantitative estimate of drug-likeness (QED) is 0.416. The molecule has 0 atom stereocenters. The van der Waals surface area contributed by atoms with Crippen LogP contribution in [0.2, 0.25) is 0 Å². The second kappa shape index (κ2) is 7.38. The molecular weight excluding hydrogens is 396 g/mol. The van der Waals surface area contributed by atoms with Crippen molar-refractivity contribution < 1.29 is 0 Å². The van der Waals surface area contributed by atoms with E-state index < -0.39 is 0 Å². The minimum Gasteiger partial charge on any atom is -0.371 e. The molecule has 0 spiro atoms. The van der Waals surface area contributed by atoms with Gasteiger partial charge in [0.05, 0.1) is 23.0 Å². The highest BCUT2D eigenvalue weighted by atomic mass is 15.3. The van der Waals surface area contributed by atoms with E-state index >= 15 is 0 Å². The van der Waals surface area contributed by atoms with Crippen molar-refractivity contribution in [3.05, 3.63) is 72.2 Å². The first-order chi connectivity index (χ1) is 15.7. The number of benzene rings is 2. The summed E-state index contributed by atoms with van der Waals surface area (Å²) in [5, 5.41) is 17.8. The number of fused-ring (bicyclic) bond motifs is 5. The molecule has 2 aliphatic heterocycles. The van der Waals surface area contributed by atoms with Crippen LogP contribution in [0.5, 0.6) is 0 Å². The van der Waals surface area contributed by atoms with Gasteiger partial charge in [-0.05, 0) is 59.9 Å². The molecule has 2 aromatic carbocycles. The Morgan fingerprint density at radius 2 is 1.91 bits per heavy atom. The van der Waals surface area contributed by atoms with E-state index in [-0.39, 0.29) is 0 Å². The van der Waals surface area contributed by atoms with Crippen molar-refractivity contribution in [1.82, 2.24) is 19.3 Å². The summed E-state index contributed by atoms with van der Waals surface area (Å²) >= 11 is 0. The van der Waals surface area contributed by atoms with Crippen LogP contribution >= 0.6 is 0 Å². The molecule has 0 bridgehead atoms. The lowest BCUT2D eigenvalue weighted by Gasteiger charge is -2.41. The molecule has 0 radical (unpaired) electrons. The summed E-state index contributed by atoms with van der Waals surface area (Å²) in [5.74, 6) is 1.68. The first-order valence-corrected chi connectivity index (χ1v) is 11.2. The van der Waals surface area contributed by atoms with Crippen LogP contribution in [0.3, 0.4) is 0 Å². The smallest absolute Gasteiger partial charge is 0.185 e. The maximum atomic E-state index is 9.09. The van der Waals surface area contributed by atoms with Crippen LogP contribution in [0.4, 0.5) is 5.69 Å². The Balaban J connectivity index is 1.38. The average Bonchev–Trinajstić information content (AvgIpc) is 3.41. The van der Waals surface area contributed by atoms with E-state index in [2.05, 4.69) is 67.7 Å². The third-order valence-corrected chi connectivity index (χ3v) is 6.70. The van der Waals surface area contributed by atoms with Crippen LogP contribution in [0, 0.1) is 17.2 Å². The lowest BCUT2D eigenvalue weighted by molar-refractivity contribution is 0.380. The van der Waals surface area contributed by atoms with E-state index in [1.165, 1.54) is 24.1 Å². The predicted octanol–water partition coefficient (Wildman–Crippen LogP) is 4.87. The molecule has 0 unspecified atom stereocenters. The van der Waals surface area contributed by atoms with E-state index in [1.807, 2.05) is 24.3 Å². The molecule has 6 heteroatoms. The Hall–Kier alpha value is -3.85. The standard InChI is InChI=1S/C26H24N6/c1-2-3-19-13-30(14-19)23-8-9-24-22(10-23)16-31-15-21(20-6-4-18(12-27)5-7-20)11-25(31)26-29-28-17-32(24)26/h4-11,15,17,19H,2-3,13-14,16H2,1H3. The fourth-order valence-corrected chi connectivity index (χ4v) is 5.00. The van der Waals surface area contributed by atoms with Gasteiger partial charge in [0.25, 0.3) is 0 Å². The monoisotopic (exact) mass is 420 g/mol. The van der Waals surface area contributed by atoms with Gasteiger partial charge in [-0.3, -0.25) is 4.57 Å². The van der Waals surface area contributed by atoms with E-state index in [1.54, 1.807) is 6.33 Å². The highest BCUT2D eigenvalue weighted by Crippen LogP contribution is 2.36. The van der Waals surface area contributed by atoms with Crippen molar-refractivity contribution >= 4 is 5.69 Å². The zero-order valence-corrected chi connectivity index (χ0v) is 18.1. The lowest BCUT2D eigenvalue weighted by Crippen LogP contribution is -2.46. The van der Waals surface area contributed by atoms with Crippen molar-refractivity contribution in [3.8, 4) is 34.4 Å². The molecule has 1 fully saturated rings. The zero-order chi connectivity index (χ0) is 21.7. The Kier molecular flexibility index (Phi) is 4.36. The molecule has 4 aromatic rings. The van der Waals surface area contributed by atoms with E-state index in [0.717, 1.165) is 53.9 Å². The van der Waals surface area contributed by atoms with Gasteiger partial charge in [-0.1, -0.05) is 25.5 Å². The van der Waals surface area contributed by atoms with Gasteiger partial charge in [0.15, 0.2) is 5.82 Å². The van der Waals surface area contributed by atoms with Gasteiger partial charge in [0.1, 0.15) is 6.33 Å². The number of aromatic nitrogens is 4. The van der Waals surface area contributed by atoms with Gasteiger partial charge in [-0.25, -0.2) is 0 Å². The topological polar surface area (TPSA) is 62.7 Å². The normalized spacial score (nSPS) is 14.7. The molecule has 4 heterocycles. The van der Waals surface area contributed by atoms with Crippen molar-refractivity contribution in [2.45, 2.75) is 26.3 Å². The molecular formula is C26H24N6. The van der Waals surface area contributed by atoms with Gasteiger partial charge in [0.2, 0.25) is 0 Å². The number of hydrogen-bond acceptors (Lipinski definition) is 4. The highest BCUT2D eigenvalue weighted by molar-refractivity contribution is 5.72. The van der Waals surface area contributed by atoms with Gasteiger partial charge in [-0.15, -0.1) is 10.2 Å². The Labute approximate surface area is 187 Å². The third kappa shape index (κ3) is 3.01. The number of nitrogens with zero attached hydrogens (tertiary/aromatic N) is 6. The van der Waals surface area contributed by atoms with Crippen LogP contribution in [-0.2, 0) is 6.54 Å². The molecule has 158 valence electrons. The van der Waals surface area contributed by atoms with Gasteiger partial charge in [-0.2, -0.15) is 5.26 Å². The van der Waals surface area contributed by atoms with E-state index in [4.69, 9.17) is 5.26 Å². The fraction of sp³-hybridized carbons (Fsp3) is 0.269. The van der Waals surface area contributed by atoms with Crippen molar-refractivity contribution in [2.24, 2.45) is 5.92 Å². The molecule has 6 rings (SSSR count). The molecule has 0 aliphatic carbocycles. The highest BCUT2D eigenvalue weighted by Gasteiger charge is 2.28. The maximum absolute atomic E-state index is 9.09. The molecule has 0 N–H and O–H groups in total. The largest absolute Gasteiger partial charge is 0.371 e. The number of anilines is 1.